The summed E-state index contributed by atoms with van der Waals surface area (Å²) in [5.41, 5.74) is 1.19. The van der Waals surface area contributed by atoms with Crippen LogP contribution in [0.4, 0.5) is 5.69 Å². The molecule has 1 amide bonds. The van der Waals surface area contributed by atoms with Gasteiger partial charge in [0.15, 0.2) is 0 Å². The minimum atomic E-state index is -3.52. The zero-order valence-electron chi connectivity index (χ0n) is 14.6. The maximum atomic E-state index is 12.3. The minimum absolute atomic E-state index is 0.0643. The highest BCUT2D eigenvalue weighted by Crippen LogP contribution is 2.23. The molecule has 1 aliphatic heterocycles. The van der Waals surface area contributed by atoms with Gasteiger partial charge in [-0.3, -0.25) is 4.79 Å². The van der Waals surface area contributed by atoms with E-state index in [1.54, 1.807) is 19.1 Å². The number of nitrogens with zero attached hydrogens (tertiary/aromatic N) is 1. The zero-order valence-corrected chi connectivity index (χ0v) is 15.4. The summed E-state index contributed by atoms with van der Waals surface area (Å²) in [6, 6.07) is 5.00. The topological polar surface area (TPSA) is 78.5 Å². The summed E-state index contributed by atoms with van der Waals surface area (Å²) in [6.45, 7) is 3.80. The molecule has 1 aliphatic rings. The summed E-state index contributed by atoms with van der Waals surface area (Å²) >= 11 is 0. The smallest absolute Gasteiger partial charge is 0.242 e. The van der Waals surface area contributed by atoms with E-state index >= 15 is 0 Å². The number of benzene rings is 1. The van der Waals surface area contributed by atoms with Crippen molar-refractivity contribution in [3.63, 3.8) is 0 Å². The Morgan fingerprint density at radius 2 is 1.96 bits per heavy atom. The monoisotopic (exact) mass is 353 g/mol. The highest BCUT2D eigenvalue weighted by molar-refractivity contribution is 7.89. The molecule has 1 aromatic rings. The van der Waals surface area contributed by atoms with Crippen molar-refractivity contribution in [3.05, 3.63) is 23.8 Å². The molecule has 0 aliphatic carbocycles. The molecule has 0 bridgehead atoms. The average Bonchev–Trinajstić information content (AvgIpc) is 2.55. The van der Waals surface area contributed by atoms with E-state index < -0.39 is 10.0 Å². The van der Waals surface area contributed by atoms with Crippen molar-refractivity contribution >= 4 is 21.6 Å². The van der Waals surface area contributed by atoms with E-state index in [1.165, 1.54) is 24.5 Å². The van der Waals surface area contributed by atoms with Gasteiger partial charge in [-0.2, -0.15) is 0 Å². The SMILES string of the molecule is Cc1ccc(NC(=O)CCC2CCNCC2)cc1S(=O)(=O)N(C)C. The number of sulfonamides is 1. The largest absolute Gasteiger partial charge is 0.326 e. The number of amides is 1. The minimum Gasteiger partial charge on any atom is -0.326 e. The van der Waals surface area contributed by atoms with Crippen LogP contribution >= 0.6 is 0 Å². The molecule has 1 saturated heterocycles. The fourth-order valence-electron chi connectivity index (χ4n) is 2.88. The van der Waals surface area contributed by atoms with Gasteiger partial charge in [0, 0.05) is 26.2 Å². The summed E-state index contributed by atoms with van der Waals surface area (Å²) in [6.07, 6.45) is 3.57. The Bertz CT molecular complexity index is 680. The Hall–Kier alpha value is -1.44. The Kier molecular flexibility index (Phi) is 6.37. The average molecular weight is 353 g/mol. The lowest BCUT2D eigenvalue weighted by Crippen LogP contribution is -2.28. The second-order valence-electron chi connectivity index (χ2n) is 6.55. The predicted molar refractivity (Wildman–Crippen MR) is 95.5 cm³/mol. The van der Waals surface area contributed by atoms with Crippen LogP contribution in [-0.2, 0) is 14.8 Å². The van der Waals surface area contributed by atoms with Crippen LogP contribution in [0.3, 0.4) is 0 Å². The Morgan fingerprint density at radius 3 is 2.58 bits per heavy atom. The van der Waals surface area contributed by atoms with E-state index in [-0.39, 0.29) is 10.8 Å². The summed E-state index contributed by atoms with van der Waals surface area (Å²) in [4.78, 5) is 12.4. The van der Waals surface area contributed by atoms with E-state index in [0.717, 1.165) is 32.4 Å². The van der Waals surface area contributed by atoms with Crippen LogP contribution in [0.15, 0.2) is 23.1 Å². The molecule has 0 atom stereocenters. The molecule has 0 saturated carbocycles. The maximum Gasteiger partial charge on any atom is 0.242 e. The van der Waals surface area contributed by atoms with E-state index in [9.17, 15) is 13.2 Å². The van der Waals surface area contributed by atoms with Gasteiger partial charge in [-0.1, -0.05) is 6.07 Å². The fourth-order valence-corrected chi connectivity index (χ4v) is 4.03. The van der Waals surface area contributed by atoms with Gasteiger partial charge in [0.2, 0.25) is 15.9 Å². The van der Waals surface area contributed by atoms with Crippen LogP contribution in [0.1, 0.15) is 31.2 Å². The van der Waals surface area contributed by atoms with Gasteiger partial charge in [0.1, 0.15) is 0 Å². The molecule has 7 heteroatoms. The summed E-state index contributed by atoms with van der Waals surface area (Å²) < 4.78 is 25.8. The quantitative estimate of drug-likeness (QED) is 0.819. The van der Waals surface area contributed by atoms with Gasteiger partial charge >= 0.3 is 0 Å². The van der Waals surface area contributed by atoms with Gasteiger partial charge in [0.05, 0.1) is 4.90 Å². The van der Waals surface area contributed by atoms with Crippen molar-refractivity contribution in [2.45, 2.75) is 37.5 Å². The maximum absolute atomic E-state index is 12.3. The summed E-state index contributed by atoms with van der Waals surface area (Å²) in [7, 11) is -0.522. The summed E-state index contributed by atoms with van der Waals surface area (Å²) in [5, 5.41) is 6.14. The van der Waals surface area contributed by atoms with E-state index in [1.807, 2.05) is 0 Å². The van der Waals surface area contributed by atoms with E-state index in [4.69, 9.17) is 0 Å². The first-order chi connectivity index (χ1) is 11.3. The molecular weight excluding hydrogens is 326 g/mol. The number of carbonyl (C=O) groups is 1. The fraction of sp³-hybridized carbons (Fsp3) is 0.588. The molecule has 0 spiro atoms. The molecule has 24 heavy (non-hydrogen) atoms. The second kappa shape index (κ2) is 8.09. The zero-order chi connectivity index (χ0) is 17.7. The third-order valence-corrected chi connectivity index (χ3v) is 6.43. The molecule has 1 aromatic carbocycles. The first-order valence-corrected chi connectivity index (χ1v) is 9.78. The molecule has 2 rings (SSSR count). The van der Waals surface area contributed by atoms with Gasteiger partial charge in [-0.05, 0) is 62.9 Å². The van der Waals surface area contributed by atoms with E-state index in [0.29, 0.717) is 23.6 Å². The number of anilines is 1. The number of carbonyl (C=O) groups excluding carboxylic acids is 1. The number of hydrogen-bond acceptors (Lipinski definition) is 4. The van der Waals surface area contributed by atoms with Crippen LogP contribution in [0.25, 0.3) is 0 Å². The van der Waals surface area contributed by atoms with Crippen LogP contribution in [-0.4, -0.2) is 45.8 Å². The molecule has 0 aromatic heterocycles. The highest BCUT2D eigenvalue weighted by atomic mass is 32.2. The van der Waals surface area contributed by atoms with Crippen LogP contribution in [0.5, 0.6) is 0 Å². The van der Waals surface area contributed by atoms with Crippen molar-refractivity contribution in [1.29, 1.82) is 0 Å². The Balaban J connectivity index is 2.00. The van der Waals surface area contributed by atoms with Gasteiger partial charge in [0.25, 0.3) is 0 Å². The predicted octanol–water partition coefficient (Wildman–Crippen LogP) is 1.96. The first kappa shape index (κ1) is 18.9. The molecule has 0 radical (unpaired) electrons. The third-order valence-electron chi connectivity index (χ3n) is 4.47. The van der Waals surface area contributed by atoms with Gasteiger partial charge < -0.3 is 10.6 Å². The summed E-state index contributed by atoms with van der Waals surface area (Å²) in [5.74, 6) is 0.533. The molecule has 0 unspecified atom stereocenters. The van der Waals surface area contributed by atoms with E-state index in [2.05, 4.69) is 10.6 Å². The molecule has 2 N–H and O–H groups in total. The van der Waals surface area contributed by atoms with Crippen molar-refractivity contribution in [3.8, 4) is 0 Å². The molecule has 1 fully saturated rings. The lowest BCUT2D eigenvalue weighted by Gasteiger charge is -2.22. The number of hydrogen-bond donors (Lipinski definition) is 2. The van der Waals surface area contributed by atoms with Gasteiger partial charge in [-0.15, -0.1) is 0 Å². The standard InChI is InChI=1S/C17H27N3O3S/c1-13-4-6-15(12-16(13)24(22,23)20(2)3)19-17(21)7-5-14-8-10-18-11-9-14/h4,6,12,14,18H,5,7-11H2,1-3H3,(H,19,21). The number of aryl methyl sites for hydroxylation is 1. The third kappa shape index (κ3) is 4.78. The molecule has 6 nitrogen and oxygen atoms in total. The molecule has 134 valence electrons. The lowest BCUT2D eigenvalue weighted by molar-refractivity contribution is -0.116. The van der Waals surface area contributed by atoms with Crippen molar-refractivity contribution in [2.75, 3.05) is 32.5 Å². The Labute approximate surface area is 144 Å². The first-order valence-electron chi connectivity index (χ1n) is 8.34. The lowest BCUT2D eigenvalue weighted by atomic mass is 9.93. The molecule has 1 heterocycles. The Morgan fingerprint density at radius 1 is 1.29 bits per heavy atom. The van der Waals surface area contributed by atoms with Crippen LogP contribution < -0.4 is 10.6 Å². The number of piperidine rings is 1. The number of nitrogens with one attached hydrogen (secondary N) is 2. The normalized spacial score (nSPS) is 16.3. The van der Waals surface area contributed by atoms with Crippen molar-refractivity contribution < 1.29 is 13.2 Å². The number of rotatable bonds is 6. The van der Waals surface area contributed by atoms with Gasteiger partial charge in [-0.25, -0.2) is 12.7 Å². The van der Waals surface area contributed by atoms with Crippen LogP contribution in [0, 0.1) is 12.8 Å². The second-order valence-corrected chi connectivity index (χ2v) is 8.67. The van der Waals surface area contributed by atoms with Crippen molar-refractivity contribution in [1.82, 2.24) is 9.62 Å². The highest BCUT2D eigenvalue weighted by Gasteiger charge is 2.20. The molecular formula is C17H27N3O3S. The van der Waals surface area contributed by atoms with Crippen LogP contribution in [0.2, 0.25) is 0 Å². The van der Waals surface area contributed by atoms with Crippen molar-refractivity contribution in [2.24, 2.45) is 5.92 Å².